The molecule has 0 saturated heterocycles. The minimum Gasteiger partial charge on any atom is -0.756 e. The molecule has 12 heteroatoms. The van der Waals surface area contributed by atoms with E-state index in [1.54, 1.807) is 0 Å². The number of phosphoric ester groups is 1. The molecular formula is C39H74NaO10P. The molecule has 0 aromatic rings. The van der Waals surface area contributed by atoms with Gasteiger partial charge in [-0.25, -0.2) is 0 Å². The Balaban J connectivity index is 0. The number of rotatable bonds is 38. The number of phosphoric acid groups is 1. The molecule has 51 heavy (non-hydrogen) atoms. The van der Waals surface area contributed by atoms with Crippen LogP contribution >= 0.6 is 7.82 Å². The number of hydrogen-bond donors (Lipinski definition) is 2. The molecule has 2 unspecified atom stereocenters. The van der Waals surface area contributed by atoms with Crippen LogP contribution in [-0.4, -0.2) is 60.7 Å². The van der Waals surface area contributed by atoms with Gasteiger partial charge in [-0.05, 0) is 38.5 Å². The van der Waals surface area contributed by atoms with Crippen LogP contribution in [-0.2, 0) is 32.7 Å². The van der Waals surface area contributed by atoms with Gasteiger partial charge in [-0.15, -0.1) is 0 Å². The summed E-state index contributed by atoms with van der Waals surface area (Å²) < 4.78 is 72.8. The number of carbonyl (C=O) groups excluding carboxylic acids is 2. The molecule has 2 N–H and O–H groups in total. The predicted octanol–water partition coefficient (Wildman–Crippen LogP) is 6.43. The summed E-state index contributed by atoms with van der Waals surface area (Å²) in [6.45, 7) is -5.22. The first-order chi connectivity index (χ1) is 26.1. The quantitative estimate of drug-likeness (QED) is 0.0237. The van der Waals surface area contributed by atoms with E-state index in [9.17, 15) is 24.2 Å². The van der Waals surface area contributed by atoms with Crippen molar-refractivity contribution in [3.63, 3.8) is 0 Å². The summed E-state index contributed by atoms with van der Waals surface area (Å²) in [4.78, 5) is 38.0. The van der Waals surface area contributed by atoms with Gasteiger partial charge in [0, 0.05) is 12.8 Å². The maximum absolute atomic E-state index is 12.9. The van der Waals surface area contributed by atoms with Crippen LogP contribution in [0, 0.1) is 0 Å². The Morgan fingerprint density at radius 2 is 1.10 bits per heavy atom. The zero-order valence-electron chi connectivity index (χ0n) is 37.3. The minimum absolute atomic E-state index is 0. The Kier molecular flexibility index (Phi) is 33.6. The molecule has 0 aliphatic rings. The van der Waals surface area contributed by atoms with Gasteiger partial charge in [-0.3, -0.25) is 14.2 Å². The normalized spacial score (nSPS) is 16.5. The third-order valence-electron chi connectivity index (χ3n) is 8.24. The van der Waals surface area contributed by atoms with Crippen molar-refractivity contribution in [2.45, 2.75) is 199 Å². The Morgan fingerprint density at radius 1 is 0.686 bits per heavy atom. The first-order valence-electron chi connectivity index (χ1n) is 22.1. The van der Waals surface area contributed by atoms with Crippen molar-refractivity contribution in [1.29, 1.82) is 0 Å². The molecule has 0 aliphatic carbocycles. The van der Waals surface area contributed by atoms with Crippen molar-refractivity contribution >= 4 is 19.8 Å². The van der Waals surface area contributed by atoms with Crippen LogP contribution in [0.2, 0.25) is 0 Å². The van der Waals surface area contributed by atoms with E-state index in [1.165, 1.54) is 77.0 Å². The zero-order chi connectivity index (χ0) is 41.5. The summed E-state index contributed by atoms with van der Waals surface area (Å²) >= 11 is 0. The third kappa shape index (κ3) is 39.2. The second kappa shape index (κ2) is 39.4. The van der Waals surface area contributed by atoms with Crippen LogP contribution in [0.1, 0.15) is 194 Å². The van der Waals surface area contributed by atoms with Crippen molar-refractivity contribution in [3.05, 3.63) is 12.2 Å². The first-order valence-corrected chi connectivity index (χ1v) is 21.1. The van der Waals surface area contributed by atoms with E-state index in [4.69, 9.17) is 21.4 Å². The molecule has 0 aromatic heterocycles. The maximum atomic E-state index is 12.9. The van der Waals surface area contributed by atoms with Crippen LogP contribution in [0.25, 0.3) is 0 Å². The molecule has 0 amide bonds. The smallest absolute Gasteiger partial charge is 0.756 e. The molecule has 0 fully saturated rings. The second-order valence-corrected chi connectivity index (χ2v) is 14.5. The molecule has 296 valence electrons. The maximum Gasteiger partial charge on any atom is 1.00 e. The van der Waals surface area contributed by atoms with Gasteiger partial charge in [0.25, 0.3) is 7.82 Å². The zero-order valence-corrected chi connectivity index (χ0v) is 35.2. The predicted molar refractivity (Wildman–Crippen MR) is 199 cm³/mol. The fourth-order valence-corrected chi connectivity index (χ4v) is 5.79. The van der Waals surface area contributed by atoms with E-state index in [2.05, 4.69) is 35.0 Å². The number of hydrogen-bond acceptors (Lipinski definition) is 10. The van der Waals surface area contributed by atoms with Gasteiger partial charge in [0.05, 0.1) is 26.6 Å². The number of unbranched alkanes of at least 4 members (excludes halogenated alkanes) is 22. The molecule has 0 heterocycles. The van der Waals surface area contributed by atoms with Crippen molar-refractivity contribution < 1.29 is 84.2 Å². The molecule has 0 bridgehead atoms. The van der Waals surface area contributed by atoms with E-state index < -0.39 is 58.3 Å². The van der Waals surface area contributed by atoms with Gasteiger partial charge in [0.2, 0.25) is 0 Å². The molecule has 0 saturated carbocycles. The average Bonchev–Trinajstić information content (AvgIpc) is 3.11. The van der Waals surface area contributed by atoms with Gasteiger partial charge < -0.3 is 33.6 Å². The van der Waals surface area contributed by atoms with Crippen molar-refractivity contribution in [2.24, 2.45) is 0 Å². The van der Waals surface area contributed by atoms with Gasteiger partial charge in [0.15, 0.2) is 6.08 Å². The standard InChI is InChI=1S/C39H75O10P.Na/c1-3-5-7-9-11-13-15-17-19-20-22-24-26-28-30-38(42)46-34-37(35-48-50(44,45)47-33-36(41)32-40)49-39(43)31-29-27-25-23-21-18-16-14-12-10-8-6-4-2;/h14,16,36-37,40-41H,3-13,15,17-35H2,1-2H3,(H,44,45);/q;+1/p-1/b16-14-;/t36?,37-;/m1./s1/i34D2,35D2,37D;. The van der Waals surface area contributed by atoms with Crippen molar-refractivity contribution in [3.8, 4) is 0 Å². The van der Waals surface area contributed by atoms with Crippen LogP contribution in [0.3, 0.4) is 0 Å². The molecule has 0 spiro atoms. The Morgan fingerprint density at radius 3 is 1.57 bits per heavy atom. The van der Waals surface area contributed by atoms with E-state index in [1.807, 2.05) is 0 Å². The van der Waals surface area contributed by atoms with Crippen LogP contribution in [0.15, 0.2) is 12.2 Å². The van der Waals surface area contributed by atoms with Gasteiger partial charge in [-0.1, -0.05) is 148 Å². The molecule has 0 radical (unpaired) electrons. The number of aliphatic hydroxyl groups excluding tert-OH is 2. The number of carbonyl (C=O) groups is 2. The van der Waals surface area contributed by atoms with Gasteiger partial charge in [-0.2, -0.15) is 0 Å². The summed E-state index contributed by atoms with van der Waals surface area (Å²) in [5, 5.41) is 18.4. The fraction of sp³-hybridized carbons (Fsp3) is 0.897. The average molecular weight is 762 g/mol. The fourth-order valence-electron chi connectivity index (χ4n) is 5.19. The van der Waals surface area contributed by atoms with Crippen molar-refractivity contribution in [2.75, 3.05) is 26.3 Å². The molecule has 3 atom stereocenters. The monoisotopic (exact) mass is 762 g/mol. The molecule has 10 nitrogen and oxygen atoms in total. The topological polar surface area (TPSA) is 152 Å². The number of allylic oxidation sites excluding steroid dienone is 2. The largest absolute Gasteiger partial charge is 1.00 e. The first kappa shape index (κ1) is 43.4. The Bertz CT molecular complexity index is 1080. The number of ether oxygens (including phenoxy) is 2. The third-order valence-corrected chi connectivity index (χ3v) is 9.02. The molecule has 0 aromatic carbocycles. The SMILES string of the molecule is [2H]C([2H])(OC(=O)CCCCCCCCCCCCCCCC)[C@@]([2H])(OC(=O)CCCCCCC/C=C\CCCCCC)C([2H])([2H])OP(=O)([O-])OCC(O)CO.[Na+]. The van der Waals surface area contributed by atoms with E-state index in [0.29, 0.717) is 19.3 Å². The van der Waals surface area contributed by atoms with Crippen LogP contribution in [0.4, 0.5) is 0 Å². The molecule has 0 rings (SSSR count). The van der Waals surface area contributed by atoms with Crippen LogP contribution < -0.4 is 34.5 Å². The molecule has 0 aliphatic heterocycles. The molecular weight excluding hydrogens is 682 g/mol. The summed E-state index contributed by atoms with van der Waals surface area (Å²) in [5.74, 6) is -2.36. The Labute approximate surface area is 340 Å². The van der Waals surface area contributed by atoms with E-state index in [-0.39, 0.29) is 48.8 Å². The number of aliphatic hydroxyl groups is 2. The van der Waals surface area contributed by atoms with Gasteiger partial charge in [0.1, 0.15) is 12.7 Å². The summed E-state index contributed by atoms with van der Waals surface area (Å²) in [6, 6.07) is 0. The minimum atomic E-state index is -5.74. The van der Waals surface area contributed by atoms with Crippen molar-refractivity contribution in [1.82, 2.24) is 0 Å². The summed E-state index contributed by atoms with van der Waals surface area (Å²) in [7, 11) is -5.74. The summed E-state index contributed by atoms with van der Waals surface area (Å²) in [6.07, 6.45) is 23.9. The number of esters is 2. The van der Waals surface area contributed by atoms with E-state index in [0.717, 1.165) is 57.8 Å². The second-order valence-electron chi connectivity index (χ2n) is 13.1. The van der Waals surface area contributed by atoms with E-state index >= 15 is 0 Å². The van der Waals surface area contributed by atoms with Gasteiger partial charge >= 0.3 is 41.5 Å². The van der Waals surface area contributed by atoms with Crippen LogP contribution in [0.5, 0.6) is 0 Å². The summed E-state index contributed by atoms with van der Waals surface area (Å²) in [5.41, 5.74) is 0. The Hall–Kier alpha value is -0.290.